The lowest BCUT2D eigenvalue weighted by molar-refractivity contribution is 1.13. The monoisotopic (exact) mass is 241 g/mol. The zero-order valence-electron chi connectivity index (χ0n) is 8.91. The third kappa shape index (κ3) is 4.05. The lowest BCUT2D eigenvalue weighted by atomic mass is 10.2. The van der Waals surface area contributed by atoms with Crippen LogP contribution in [0.1, 0.15) is 11.3 Å². The maximum Gasteiger partial charge on any atom is 0.126 e. The largest absolute Gasteiger partial charge is 0.389 e. The van der Waals surface area contributed by atoms with Crippen molar-refractivity contribution in [1.82, 2.24) is 4.98 Å². The predicted octanol–water partition coefficient (Wildman–Crippen LogP) is 1.80. The number of aryl methyl sites for hydroxylation is 1. The van der Waals surface area contributed by atoms with Gasteiger partial charge in [-0.25, -0.2) is 4.98 Å². The topological polar surface area (TPSA) is 50.9 Å². The molecule has 15 heavy (non-hydrogen) atoms. The van der Waals surface area contributed by atoms with Gasteiger partial charge in [0.2, 0.25) is 0 Å². The second-order valence-electron chi connectivity index (χ2n) is 3.17. The van der Waals surface area contributed by atoms with Crippen LogP contribution in [0.5, 0.6) is 0 Å². The van der Waals surface area contributed by atoms with Gasteiger partial charge in [-0.15, -0.1) is 0 Å². The zero-order chi connectivity index (χ0) is 11.3. The van der Waals surface area contributed by atoms with Crippen LogP contribution in [0.25, 0.3) is 0 Å². The molecule has 1 aromatic rings. The first-order chi connectivity index (χ1) is 7.13. The van der Waals surface area contributed by atoms with Gasteiger partial charge in [0.1, 0.15) is 10.8 Å². The molecular weight excluding hydrogens is 226 g/mol. The summed E-state index contributed by atoms with van der Waals surface area (Å²) in [5.41, 5.74) is 7.37. The second kappa shape index (κ2) is 5.92. The molecule has 0 aromatic carbocycles. The van der Waals surface area contributed by atoms with Gasteiger partial charge in [0.25, 0.3) is 0 Å². The van der Waals surface area contributed by atoms with Crippen LogP contribution < -0.4 is 11.1 Å². The molecule has 0 unspecified atom stereocenters. The molecule has 1 heterocycles. The maximum atomic E-state index is 5.58. The number of hydrogen-bond acceptors (Lipinski definition) is 4. The van der Waals surface area contributed by atoms with Crippen LogP contribution in [0.15, 0.2) is 12.1 Å². The lowest BCUT2D eigenvalue weighted by Crippen LogP contribution is -2.12. The molecule has 3 nitrogen and oxygen atoms in total. The Balaban J connectivity index is 2.75. The summed E-state index contributed by atoms with van der Waals surface area (Å²) >= 11 is 6.73. The number of thioether (sulfide) groups is 1. The number of rotatable bonds is 5. The van der Waals surface area contributed by atoms with Crippen LogP contribution in [0, 0.1) is 6.92 Å². The molecule has 0 radical (unpaired) electrons. The highest BCUT2D eigenvalue weighted by Crippen LogP contribution is 2.10. The minimum atomic E-state index is 0.411. The fourth-order valence-electron chi connectivity index (χ4n) is 1.18. The van der Waals surface area contributed by atoms with Crippen molar-refractivity contribution in [2.24, 2.45) is 5.73 Å². The van der Waals surface area contributed by atoms with E-state index in [1.807, 2.05) is 19.1 Å². The summed E-state index contributed by atoms with van der Waals surface area (Å²) in [5.74, 6) is 1.89. The molecule has 3 N–H and O–H groups in total. The molecule has 0 aliphatic carbocycles. The first-order valence-electron chi connectivity index (χ1n) is 4.65. The molecule has 1 rings (SSSR count). The van der Waals surface area contributed by atoms with E-state index in [-0.39, 0.29) is 0 Å². The van der Waals surface area contributed by atoms with E-state index in [0.29, 0.717) is 4.99 Å². The van der Waals surface area contributed by atoms with E-state index >= 15 is 0 Å². The number of pyridine rings is 1. The number of anilines is 1. The molecule has 0 saturated heterocycles. The molecule has 82 valence electrons. The Morgan fingerprint density at radius 1 is 1.60 bits per heavy atom. The Morgan fingerprint density at radius 3 is 2.93 bits per heavy atom. The average molecular weight is 241 g/mol. The van der Waals surface area contributed by atoms with Crippen LogP contribution in [-0.2, 0) is 0 Å². The molecule has 0 fully saturated rings. The second-order valence-corrected chi connectivity index (χ2v) is 4.59. The molecule has 0 bridgehead atoms. The Morgan fingerprint density at radius 2 is 2.33 bits per heavy atom. The van der Waals surface area contributed by atoms with Crippen LogP contribution >= 0.6 is 24.0 Å². The highest BCUT2D eigenvalue weighted by Gasteiger charge is 2.01. The third-order valence-corrected chi connectivity index (χ3v) is 2.70. The highest BCUT2D eigenvalue weighted by atomic mass is 32.2. The first-order valence-corrected chi connectivity index (χ1v) is 6.45. The summed E-state index contributed by atoms with van der Waals surface area (Å²) < 4.78 is 0. The Bertz CT molecular complexity index is 353. The third-order valence-electron chi connectivity index (χ3n) is 1.85. The normalized spacial score (nSPS) is 10.0. The van der Waals surface area contributed by atoms with Crippen LogP contribution in [0.3, 0.4) is 0 Å². The molecule has 0 spiro atoms. The van der Waals surface area contributed by atoms with Crippen molar-refractivity contribution in [1.29, 1.82) is 0 Å². The first kappa shape index (κ1) is 12.3. The van der Waals surface area contributed by atoms with Gasteiger partial charge in [0.15, 0.2) is 0 Å². The van der Waals surface area contributed by atoms with E-state index in [9.17, 15) is 0 Å². The number of nitrogens with zero attached hydrogens (tertiary/aromatic N) is 1. The van der Waals surface area contributed by atoms with E-state index < -0.39 is 0 Å². The number of nitrogens with one attached hydrogen (secondary N) is 1. The number of hydrogen-bond donors (Lipinski definition) is 2. The standard InChI is InChI=1S/C10H15N3S2/c1-7-5-8(10(11)14)6-9(13-7)12-3-4-15-2/h5-6H,3-4H2,1-2H3,(H2,11,14)(H,12,13). The Labute approximate surface area is 99.8 Å². The summed E-state index contributed by atoms with van der Waals surface area (Å²) in [6, 6.07) is 3.78. The quantitative estimate of drug-likeness (QED) is 0.608. The van der Waals surface area contributed by atoms with Crippen molar-refractivity contribution in [3.05, 3.63) is 23.4 Å². The van der Waals surface area contributed by atoms with E-state index in [1.165, 1.54) is 0 Å². The SMILES string of the molecule is CSCCNc1cc(C(N)=S)cc(C)n1. The summed E-state index contributed by atoms with van der Waals surface area (Å²) in [5, 5.41) is 3.23. The van der Waals surface area contributed by atoms with Crippen LogP contribution in [-0.4, -0.2) is 28.5 Å². The van der Waals surface area contributed by atoms with Crippen molar-refractivity contribution in [3.8, 4) is 0 Å². The Hall–Kier alpha value is -0.810. The molecule has 0 atom stereocenters. The van der Waals surface area contributed by atoms with Gasteiger partial charge in [0.05, 0.1) is 0 Å². The van der Waals surface area contributed by atoms with E-state index in [0.717, 1.165) is 29.4 Å². The summed E-state index contributed by atoms with van der Waals surface area (Å²) in [7, 11) is 0. The highest BCUT2D eigenvalue weighted by molar-refractivity contribution is 7.98. The zero-order valence-corrected chi connectivity index (χ0v) is 10.5. The van der Waals surface area contributed by atoms with Gasteiger partial charge < -0.3 is 11.1 Å². The maximum absolute atomic E-state index is 5.58. The number of nitrogens with two attached hydrogens (primary N) is 1. The molecule has 0 amide bonds. The summed E-state index contributed by atoms with van der Waals surface area (Å²) in [6.07, 6.45) is 2.08. The summed E-state index contributed by atoms with van der Waals surface area (Å²) in [6.45, 7) is 2.83. The van der Waals surface area contributed by atoms with E-state index in [4.69, 9.17) is 18.0 Å². The van der Waals surface area contributed by atoms with Gasteiger partial charge >= 0.3 is 0 Å². The predicted molar refractivity (Wildman–Crippen MR) is 71.7 cm³/mol. The fraction of sp³-hybridized carbons (Fsp3) is 0.400. The average Bonchev–Trinajstić information content (AvgIpc) is 2.17. The molecule has 0 saturated carbocycles. The molecule has 5 heteroatoms. The molecule has 0 aliphatic rings. The van der Waals surface area contributed by atoms with Gasteiger partial charge in [-0.3, -0.25) is 0 Å². The van der Waals surface area contributed by atoms with Gasteiger partial charge in [-0.05, 0) is 25.3 Å². The van der Waals surface area contributed by atoms with Gasteiger partial charge in [-0.2, -0.15) is 11.8 Å². The molecular formula is C10H15N3S2. The number of aromatic nitrogens is 1. The lowest BCUT2D eigenvalue weighted by Gasteiger charge is -2.07. The number of thiocarbonyl (C=S) groups is 1. The summed E-state index contributed by atoms with van der Waals surface area (Å²) in [4.78, 5) is 4.76. The van der Waals surface area contributed by atoms with Crippen molar-refractivity contribution in [3.63, 3.8) is 0 Å². The van der Waals surface area contributed by atoms with Crippen molar-refractivity contribution in [2.45, 2.75) is 6.92 Å². The van der Waals surface area contributed by atoms with Crippen molar-refractivity contribution < 1.29 is 0 Å². The minimum Gasteiger partial charge on any atom is -0.389 e. The Kier molecular flexibility index (Phi) is 4.84. The fourth-order valence-corrected chi connectivity index (χ4v) is 1.61. The van der Waals surface area contributed by atoms with Crippen LogP contribution in [0.4, 0.5) is 5.82 Å². The van der Waals surface area contributed by atoms with Crippen LogP contribution in [0.2, 0.25) is 0 Å². The van der Waals surface area contributed by atoms with Gasteiger partial charge in [-0.1, -0.05) is 12.2 Å². The molecule has 1 aromatic heterocycles. The smallest absolute Gasteiger partial charge is 0.126 e. The van der Waals surface area contributed by atoms with E-state index in [2.05, 4.69) is 16.6 Å². The van der Waals surface area contributed by atoms with E-state index in [1.54, 1.807) is 11.8 Å². The van der Waals surface area contributed by atoms with Gasteiger partial charge in [0, 0.05) is 23.6 Å². The van der Waals surface area contributed by atoms with Crippen molar-refractivity contribution in [2.75, 3.05) is 23.9 Å². The van der Waals surface area contributed by atoms with Crippen molar-refractivity contribution >= 4 is 34.8 Å². The molecule has 0 aliphatic heterocycles. The minimum absolute atomic E-state index is 0.411.